The fraction of sp³-hybridized carbons (Fsp3) is 0.643. The molecule has 0 unspecified atom stereocenters. The standard InChI is InChI=1S/C14H24N4OS/c1-4-10-11(5-2)16-17-14(12(10)13(15)20)18(6-3)8-7-9-19/h19H,4-9H2,1-3H3,(H2,15,20). The maximum Gasteiger partial charge on any atom is 0.161 e. The van der Waals surface area contributed by atoms with Crippen molar-refractivity contribution in [1.29, 1.82) is 0 Å². The van der Waals surface area contributed by atoms with Crippen LogP contribution < -0.4 is 10.6 Å². The van der Waals surface area contributed by atoms with E-state index in [2.05, 4.69) is 28.9 Å². The topological polar surface area (TPSA) is 75.3 Å². The number of anilines is 1. The van der Waals surface area contributed by atoms with Crippen LogP contribution >= 0.6 is 12.2 Å². The molecule has 0 radical (unpaired) electrons. The minimum atomic E-state index is 0.153. The number of hydrogen-bond acceptors (Lipinski definition) is 5. The first-order valence-electron chi connectivity index (χ1n) is 7.14. The first-order chi connectivity index (χ1) is 9.60. The molecule has 0 aromatic carbocycles. The van der Waals surface area contributed by atoms with E-state index in [1.54, 1.807) is 0 Å². The van der Waals surface area contributed by atoms with Gasteiger partial charge in [-0.05, 0) is 31.7 Å². The molecule has 0 atom stereocenters. The van der Waals surface area contributed by atoms with Gasteiger partial charge in [0.2, 0.25) is 0 Å². The molecule has 0 aliphatic heterocycles. The van der Waals surface area contributed by atoms with Crippen LogP contribution in [0.15, 0.2) is 0 Å². The maximum absolute atomic E-state index is 9.01. The zero-order chi connectivity index (χ0) is 15.1. The van der Waals surface area contributed by atoms with Crippen LogP contribution in [0.1, 0.15) is 44.0 Å². The molecular formula is C14H24N4OS. The molecule has 6 heteroatoms. The highest BCUT2D eigenvalue weighted by molar-refractivity contribution is 7.80. The van der Waals surface area contributed by atoms with Gasteiger partial charge in [0, 0.05) is 19.7 Å². The molecule has 5 nitrogen and oxygen atoms in total. The van der Waals surface area contributed by atoms with E-state index in [0.29, 0.717) is 18.0 Å². The number of nitrogens with two attached hydrogens (primary N) is 1. The fourth-order valence-corrected chi connectivity index (χ4v) is 2.53. The molecule has 0 saturated heterocycles. The molecule has 0 saturated carbocycles. The maximum atomic E-state index is 9.01. The van der Waals surface area contributed by atoms with Gasteiger partial charge in [0.15, 0.2) is 5.82 Å². The van der Waals surface area contributed by atoms with Gasteiger partial charge in [-0.1, -0.05) is 26.1 Å². The largest absolute Gasteiger partial charge is 0.396 e. The summed E-state index contributed by atoms with van der Waals surface area (Å²) in [5, 5.41) is 17.7. The van der Waals surface area contributed by atoms with Crippen LogP contribution in [0.25, 0.3) is 0 Å². The van der Waals surface area contributed by atoms with Crippen LogP contribution in [0.4, 0.5) is 5.82 Å². The lowest BCUT2D eigenvalue weighted by molar-refractivity contribution is 0.289. The van der Waals surface area contributed by atoms with Crippen LogP contribution in [-0.4, -0.2) is 40.0 Å². The van der Waals surface area contributed by atoms with E-state index in [1.165, 1.54) is 0 Å². The number of hydrogen-bond donors (Lipinski definition) is 2. The summed E-state index contributed by atoms with van der Waals surface area (Å²) in [4.78, 5) is 2.43. The van der Waals surface area contributed by atoms with Crippen molar-refractivity contribution in [2.24, 2.45) is 5.73 Å². The Balaban J connectivity index is 3.34. The summed E-state index contributed by atoms with van der Waals surface area (Å²) in [6.45, 7) is 7.81. The Bertz CT molecular complexity index is 465. The van der Waals surface area contributed by atoms with E-state index in [-0.39, 0.29) is 6.61 Å². The van der Waals surface area contributed by atoms with Crippen LogP contribution in [0.5, 0.6) is 0 Å². The average molecular weight is 296 g/mol. The van der Waals surface area contributed by atoms with Gasteiger partial charge in [-0.3, -0.25) is 0 Å². The molecule has 1 rings (SSSR count). The van der Waals surface area contributed by atoms with Crippen molar-refractivity contribution in [3.8, 4) is 0 Å². The lowest BCUT2D eigenvalue weighted by Crippen LogP contribution is -2.30. The van der Waals surface area contributed by atoms with Crippen LogP contribution in [-0.2, 0) is 12.8 Å². The van der Waals surface area contributed by atoms with Gasteiger partial charge in [-0.15, -0.1) is 5.10 Å². The van der Waals surface area contributed by atoms with Gasteiger partial charge in [-0.2, -0.15) is 5.10 Å². The molecule has 3 N–H and O–H groups in total. The molecule has 112 valence electrons. The smallest absolute Gasteiger partial charge is 0.161 e. The molecule has 1 heterocycles. The Labute approximate surface area is 126 Å². The van der Waals surface area contributed by atoms with Crippen LogP contribution in [0, 0.1) is 0 Å². The predicted molar refractivity (Wildman–Crippen MR) is 86.3 cm³/mol. The number of rotatable bonds is 8. The first-order valence-corrected chi connectivity index (χ1v) is 7.55. The molecular weight excluding hydrogens is 272 g/mol. The van der Waals surface area contributed by atoms with E-state index >= 15 is 0 Å². The van der Waals surface area contributed by atoms with Gasteiger partial charge >= 0.3 is 0 Å². The van der Waals surface area contributed by atoms with E-state index in [1.807, 2.05) is 6.92 Å². The fourth-order valence-electron chi connectivity index (χ4n) is 2.32. The van der Waals surface area contributed by atoms with Crippen molar-refractivity contribution in [3.05, 3.63) is 16.8 Å². The Morgan fingerprint density at radius 2 is 1.95 bits per heavy atom. The van der Waals surface area contributed by atoms with E-state index in [0.717, 1.165) is 42.0 Å². The molecule has 1 aromatic rings. The minimum absolute atomic E-state index is 0.153. The summed E-state index contributed by atoms with van der Waals surface area (Å²) >= 11 is 5.22. The molecule has 0 aliphatic rings. The molecule has 1 aromatic heterocycles. The summed E-state index contributed by atoms with van der Waals surface area (Å²) in [5.74, 6) is 0.738. The zero-order valence-corrected chi connectivity index (χ0v) is 13.3. The lowest BCUT2D eigenvalue weighted by atomic mass is 10.0. The lowest BCUT2D eigenvalue weighted by Gasteiger charge is -2.25. The Morgan fingerprint density at radius 3 is 2.40 bits per heavy atom. The molecule has 0 fully saturated rings. The van der Waals surface area contributed by atoms with Gasteiger partial charge < -0.3 is 15.7 Å². The number of aromatic nitrogens is 2. The number of nitrogens with zero attached hydrogens (tertiary/aromatic N) is 3. The van der Waals surface area contributed by atoms with Crippen molar-refractivity contribution in [1.82, 2.24) is 10.2 Å². The van der Waals surface area contributed by atoms with Gasteiger partial charge in [0.05, 0.1) is 11.3 Å². The highest BCUT2D eigenvalue weighted by atomic mass is 32.1. The molecule has 0 spiro atoms. The SMILES string of the molecule is CCc1nnc(N(CC)CCCO)c(C(N)=S)c1CC. The third-order valence-corrected chi connectivity index (χ3v) is 3.55. The van der Waals surface area contributed by atoms with Crippen molar-refractivity contribution in [2.45, 2.75) is 40.0 Å². The molecule has 0 amide bonds. The summed E-state index contributed by atoms with van der Waals surface area (Å²) in [6.07, 6.45) is 2.33. The summed E-state index contributed by atoms with van der Waals surface area (Å²) in [7, 11) is 0. The quantitative estimate of drug-likeness (QED) is 0.707. The zero-order valence-electron chi connectivity index (χ0n) is 12.5. The third kappa shape index (κ3) is 3.64. The van der Waals surface area contributed by atoms with Gasteiger partial charge in [0.1, 0.15) is 4.99 Å². The summed E-state index contributed by atoms with van der Waals surface area (Å²) < 4.78 is 0. The van der Waals surface area contributed by atoms with Crippen molar-refractivity contribution in [2.75, 3.05) is 24.6 Å². The Kier molecular flexibility index (Phi) is 6.81. The van der Waals surface area contributed by atoms with Crippen molar-refractivity contribution in [3.63, 3.8) is 0 Å². The molecule has 20 heavy (non-hydrogen) atoms. The average Bonchev–Trinajstić information content (AvgIpc) is 2.46. The minimum Gasteiger partial charge on any atom is -0.396 e. The van der Waals surface area contributed by atoms with Gasteiger partial charge in [0.25, 0.3) is 0 Å². The monoisotopic (exact) mass is 296 g/mol. The number of aryl methyl sites for hydroxylation is 1. The summed E-state index contributed by atoms with van der Waals surface area (Å²) in [5.41, 5.74) is 8.81. The first kappa shape index (κ1) is 16.8. The van der Waals surface area contributed by atoms with E-state index in [4.69, 9.17) is 23.1 Å². The van der Waals surface area contributed by atoms with Gasteiger partial charge in [-0.25, -0.2) is 0 Å². The van der Waals surface area contributed by atoms with E-state index < -0.39 is 0 Å². The van der Waals surface area contributed by atoms with Crippen molar-refractivity contribution >= 4 is 23.0 Å². The Morgan fingerprint density at radius 1 is 1.25 bits per heavy atom. The van der Waals surface area contributed by atoms with Crippen molar-refractivity contribution < 1.29 is 5.11 Å². The highest BCUT2D eigenvalue weighted by Crippen LogP contribution is 2.24. The Hall–Kier alpha value is -1.27. The summed E-state index contributed by atoms with van der Waals surface area (Å²) in [6, 6.07) is 0. The molecule has 0 bridgehead atoms. The second-order valence-electron chi connectivity index (χ2n) is 4.55. The molecule has 0 aliphatic carbocycles. The normalized spacial score (nSPS) is 10.6. The second-order valence-corrected chi connectivity index (χ2v) is 4.99. The number of aliphatic hydroxyl groups is 1. The number of aliphatic hydroxyl groups excluding tert-OH is 1. The number of thiocarbonyl (C=S) groups is 1. The predicted octanol–water partition coefficient (Wildman–Crippen LogP) is 1.44. The van der Waals surface area contributed by atoms with Crippen LogP contribution in [0.2, 0.25) is 0 Å². The third-order valence-electron chi connectivity index (χ3n) is 3.34. The highest BCUT2D eigenvalue weighted by Gasteiger charge is 2.20. The van der Waals surface area contributed by atoms with Crippen LogP contribution in [0.3, 0.4) is 0 Å². The second kappa shape index (κ2) is 8.11. The van der Waals surface area contributed by atoms with E-state index in [9.17, 15) is 0 Å².